The average Bonchev–Trinajstić information content (AvgIpc) is 1.88. The van der Waals surface area contributed by atoms with Crippen molar-refractivity contribution in [1.29, 1.82) is 0 Å². The zero-order valence-corrected chi connectivity index (χ0v) is 8.57. The van der Waals surface area contributed by atoms with Gasteiger partial charge in [-0.2, -0.15) is 0 Å². The molecular formula is C9H22N2. The maximum atomic E-state index is 3.39. The lowest BCUT2D eigenvalue weighted by atomic mass is 9.79. The standard InChI is InChI=1S/C7H16N2.C2H6/c1-7(5-4-6-7)8-9(2)3;1-2/h8H,4-6H2,1-3H3;1-2H3. The van der Waals surface area contributed by atoms with Crippen molar-refractivity contribution in [3.8, 4) is 0 Å². The fraction of sp³-hybridized carbons (Fsp3) is 1.00. The molecule has 1 fully saturated rings. The lowest BCUT2D eigenvalue weighted by Crippen LogP contribution is -2.53. The van der Waals surface area contributed by atoms with Crippen molar-refractivity contribution in [2.24, 2.45) is 0 Å². The zero-order valence-electron chi connectivity index (χ0n) is 8.57. The highest BCUT2D eigenvalue weighted by atomic mass is 15.5. The summed E-state index contributed by atoms with van der Waals surface area (Å²) < 4.78 is 0. The van der Waals surface area contributed by atoms with Crippen LogP contribution in [0.25, 0.3) is 0 Å². The topological polar surface area (TPSA) is 15.3 Å². The summed E-state index contributed by atoms with van der Waals surface area (Å²) in [6.45, 7) is 6.27. The monoisotopic (exact) mass is 158 g/mol. The minimum Gasteiger partial charge on any atom is -0.250 e. The molecule has 0 heterocycles. The predicted octanol–water partition coefficient (Wildman–Crippen LogP) is 2.02. The van der Waals surface area contributed by atoms with E-state index in [1.54, 1.807) is 0 Å². The molecule has 0 amide bonds. The van der Waals surface area contributed by atoms with Crippen molar-refractivity contribution in [1.82, 2.24) is 10.4 Å². The van der Waals surface area contributed by atoms with Gasteiger partial charge in [-0.25, -0.2) is 5.43 Å². The van der Waals surface area contributed by atoms with Crippen molar-refractivity contribution in [3.05, 3.63) is 0 Å². The molecule has 0 aromatic heterocycles. The summed E-state index contributed by atoms with van der Waals surface area (Å²) in [6.07, 6.45) is 4.04. The largest absolute Gasteiger partial charge is 0.250 e. The van der Waals surface area contributed by atoms with Crippen LogP contribution in [-0.4, -0.2) is 24.6 Å². The zero-order chi connectivity index (χ0) is 8.91. The lowest BCUT2D eigenvalue weighted by Gasteiger charge is -2.41. The Balaban J connectivity index is 0.000000461. The summed E-state index contributed by atoms with van der Waals surface area (Å²) in [5.41, 5.74) is 3.81. The highest BCUT2D eigenvalue weighted by Crippen LogP contribution is 2.30. The van der Waals surface area contributed by atoms with Gasteiger partial charge in [-0.1, -0.05) is 13.8 Å². The third-order valence-corrected chi connectivity index (χ3v) is 1.95. The van der Waals surface area contributed by atoms with Gasteiger partial charge in [-0.3, -0.25) is 5.01 Å². The van der Waals surface area contributed by atoms with Crippen LogP contribution >= 0.6 is 0 Å². The third kappa shape index (κ3) is 3.73. The summed E-state index contributed by atoms with van der Waals surface area (Å²) in [6, 6.07) is 0. The summed E-state index contributed by atoms with van der Waals surface area (Å²) >= 11 is 0. The summed E-state index contributed by atoms with van der Waals surface area (Å²) in [5.74, 6) is 0. The lowest BCUT2D eigenvalue weighted by molar-refractivity contribution is 0.101. The first-order valence-electron chi connectivity index (χ1n) is 4.58. The molecule has 1 saturated carbocycles. The molecule has 11 heavy (non-hydrogen) atoms. The molecule has 0 aromatic rings. The van der Waals surface area contributed by atoms with Gasteiger partial charge in [0.2, 0.25) is 0 Å². The first-order chi connectivity index (χ1) is 5.12. The van der Waals surface area contributed by atoms with Gasteiger partial charge in [-0.05, 0) is 26.2 Å². The number of hydrogen-bond donors (Lipinski definition) is 1. The normalized spacial score (nSPS) is 20.2. The van der Waals surface area contributed by atoms with E-state index >= 15 is 0 Å². The second-order valence-corrected chi connectivity index (χ2v) is 3.42. The van der Waals surface area contributed by atoms with E-state index in [0.29, 0.717) is 5.54 Å². The van der Waals surface area contributed by atoms with Crippen LogP contribution in [0.1, 0.15) is 40.0 Å². The smallest absolute Gasteiger partial charge is 0.0297 e. The van der Waals surface area contributed by atoms with Crippen LogP contribution in [0.5, 0.6) is 0 Å². The Labute approximate surface area is 70.9 Å². The van der Waals surface area contributed by atoms with Crippen molar-refractivity contribution in [2.75, 3.05) is 14.1 Å². The Morgan fingerprint density at radius 1 is 1.18 bits per heavy atom. The minimum absolute atomic E-state index is 0.420. The molecular weight excluding hydrogens is 136 g/mol. The SMILES string of the molecule is CC.CN(C)NC1(C)CCC1. The molecule has 0 saturated heterocycles. The van der Waals surface area contributed by atoms with Gasteiger partial charge in [0, 0.05) is 19.6 Å². The Hall–Kier alpha value is -0.0800. The van der Waals surface area contributed by atoms with Crippen molar-refractivity contribution >= 4 is 0 Å². The van der Waals surface area contributed by atoms with Gasteiger partial charge in [0.1, 0.15) is 0 Å². The summed E-state index contributed by atoms with van der Waals surface area (Å²) in [7, 11) is 4.09. The van der Waals surface area contributed by atoms with Crippen LogP contribution in [0.15, 0.2) is 0 Å². The van der Waals surface area contributed by atoms with E-state index in [4.69, 9.17) is 0 Å². The molecule has 0 unspecified atom stereocenters. The van der Waals surface area contributed by atoms with Gasteiger partial charge < -0.3 is 0 Å². The van der Waals surface area contributed by atoms with Gasteiger partial charge in [0.05, 0.1) is 0 Å². The highest BCUT2D eigenvalue weighted by molar-refractivity contribution is 4.89. The van der Waals surface area contributed by atoms with Crippen LogP contribution in [-0.2, 0) is 0 Å². The molecule has 2 heteroatoms. The molecule has 1 rings (SSSR count). The van der Waals surface area contributed by atoms with Gasteiger partial charge >= 0.3 is 0 Å². The van der Waals surface area contributed by atoms with E-state index in [-0.39, 0.29) is 0 Å². The first-order valence-corrected chi connectivity index (χ1v) is 4.58. The van der Waals surface area contributed by atoms with Crippen LogP contribution in [0.4, 0.5) is 0 Å². The Morgan fingerprint density at radius 3 is 1.73 bits per heavy atom. The maximum Gasteiger partial charge on any atom is 0.0297 e. The fourth-order valence-corrected chi connectivity index (χ4v) is 1.36. The third-order valence-electron chi connectivity index (χ3n) is 1.95. The van der Waals surface area contributed by atoms with Crippen LogP contribution < -0.4 is 5.43 Å². The predicted molar refractivity (Wildman–Crippen MR) is 50.4 cm³/mol. The van der Waals surface area contributed by atoms with E-state index in [1.165, 1.54) is 19.3 Å². The quantitative estimate of drug-likeness (QED) is 0.619. The molecule has 1 N–H and O–H groups in total. The van der Waals surface area contributed by atoms with Gasteiger partial charge in [-0.15, -0.1) is 0 Å². The Morgan fingerprint density at radius 2 is 1.64 bits per heavy atom. The molecule has 68 valence electrons. The average molecular weight is 158 g/mol. The number of nitrogens with zero attached hydrogens (tertiary/aromatic N) is 1. The van der Waals surface area contributed by atoms with Crippen molar-refractivity contribution in [2.45, 2.75) is 45.6 Å². The van der Waals surface area contributed by atoms with E-state index in [1.807, 2.05) is 33.0 Å². The molecule has 0 aliphatic heterocycles. The van der Waals surface area contributed by atoms with E-state index in [9.17, 15) is 0 Å². The van der Waals surface area contributed by atoms with E-state index in [2.05, 4.69) is 12.3 Å². The Bertz CT molecular complexity index is 95.7. The molecule has 0 radical (unpaired) electrons. The van der Waals surface area contributed by atoms with Crippen LogP contribution in [0.2, 0.25) is 0 Å². The van der Waals surface area contributed by atoms with Crippen molar-refractivity contribution in [3.63, 3.8) is 0 Å². The second kappa shape index (κ2) is 4.73. The highest BCUT2D eigenvalue weighted by Gasteiger charge is 2.31. The van der Waals surface area contributed by atoms with Crippen molar-refractivity contribution < 1.29 is 0 Å². The molecule has 0 spiro atoms. The maximum absolute atomic E-state index is 3.39. The van der Waals surface area contributed by atoms with Crippen LogP contribution in [0, 0.1) is 0 Å². The van der Waals surface area contributed by atoms with Crippen LogP contribution in [0.3, 0.4) is 0 Å². The summed E-state index contributed by atoms with van der Waals surface area (Å²) in [4.78, 5) is 0. The molecule has 0 bridgehead atoms. The molecule has 2 nitrogen and oxygen atoms in total. The first kappa shape index (κ1) is 10.9. The summed E-state index contributed by atoms with van der Waals surface area (Å²) in [5, 5.41) is 2.04. The van der Waals surface area contributed by atoms with Gasteiger partial charge in [0.25, 0.3) is 0 Å². The number of hydrazine groups is 1. The molecule has 1 aliphatic carbocycles. The number of hydrogen-bond acceptors (Lipinski definition) is 2. The van der Waals surface area contributed by atoms with Gasteiger partial charge in [0.15, 0.2) is 0 Å². The molecule has 0 atom stereocenters. The van der Waals surface area contributed by atoms with E-state index < -0.39 is 0 Å². The van der Waals surface area contributed by atoms with E-state index in [0.717, 1.165) is 0 Å². The number of nitrogens with one attached hydrogen (secondary N) is 1. The minimum atomic E-state index is 0.420. The molecule has 0 aromatic carbocycles. The fourth-order valence-electron chi connectivity index (χ4n) is 1.36. The molecule has 1 aliphatic rings. The Kier molecular flexibility index (Phi) is 4.69. The second-order valence-electron chi connectivity index (χ2n) is 3.42. The number of rotatable bonds is 2.